The van der Waals surface area contributed by atoms with Crippen LogP contribution in [0.25, 0.3) is 0 Å². The first-order chi connectivity index (χ1) is 9.02. The number of aliphatic hydroxyl groups excluding tert-OH is 1. The van der Waals surface area contributed by atoms with Crippen LogP contribution in [0.4, 0.5) is 0 Å². The van der Waals surface area contributed by atoms with Crippen molar-refractivity contribution < 1.29 is 5.11 Å². The molecule has 0 atom stereocenters. The molecule has 2 rings (SSSR count). The molecular formula is C14H17ClN2OS. The average molecular weight is 297 g/mol. The molecule has 0 saturated heterocycles. The molecule has 0 bridgehead atoms. The Morgan fingerprint density at radius 1 is 1.42 bits per heavy atom. The summed E-state index contributed by atoms with van der Waals surface area (Å²) in [5, 5.41) is 11.0. The van der Waals surface area contributed by atoms with E-state index >= 15 is 0 Å². The van der Waals surface area contributed by atoms with Crippen LogP contribution < -0.4 is 0 Å². The maximum Gasteiger partial charge on any atom is 0.135 e. The summed E-state index contributed by atoms with van der Waals surface area (Å²) in [6.07, 6.45) is 0. The minimum atomic E-state index is -0.0493. The maximum absolute atomic E-state index is 9.33. The van der Waals surface area contributed by atoms with Crippen LogP contribution in [0.15, 0.2) is 34.2 Å². The highest BCUT2D eigenvalue weighted by Crippen LogP contribution is 2.34. The summed E-state index contributed by atoms with van der Waals surface area (Å²) in [6.45, 7) is 4.20. The first-order valence-electron chi connectivity index (χ1n) is 6.12. The third-order valence-corrected chi connectivity index (χ3v) is 4.12. The van der Waals surface area contributed by atoms with E-state index < -0.39 is 0 Å². The van der Waals surface area contributed by atoms with E-state index in [2.05, 4.69) is 18.8 Å². The first kappa shape index (κ1) is 14.4. The molecule has 0 radical (unpaired) electrons. The lowest BCUT2D eigenvalue weighted by molar-refractivity contribution is 0.266. The summed E-state index contributed by atoms with van der Waals surface area (Å²) in [5.41, 5.74) is 1.13. The van der Waals surface area contributed by atoms with E-state index in [1.165, 1.54) is 0 Å². The molecular weight excluding hydrogens is 280 g/mol. The molecule has 0 fully saturated rings. The number of benzene rings is 1. The molecule has 0 saturated carbocycles. The molecule has 3 nitrogen and oxygen atoms in total. The van der Waals surface area contributed by atoms with Crippen LogP contribution in [0.2, 0.25) is 5.02 Å². The van der Waals surface area contributed by atoms with E-state index in [1.807, 2.05) is 35.9 Å². The monoisotopic (exact) mass is 296 g/mol. The van der Waals surface area contributed by atoms with Gasteiger partial charge in [0.05, 0.1) is 5.69 Å². The summed E-state index contributed by atoms with van der Waals surface area (Å²) in [5.74, 6) is 1.03. The number of aromatic nitrogens is 2. The van der Waals surface area contributed by atoms with E-state index in [1.54, 1.807) is 11.8 Å². The normalized spacial score (nSPS) is 11.3. The highest BCUT2D eigenvalue weighted by atomic mass is 35.5. The van der Waals surface area contributed by atoms with E-state index in [9.17, 15) is 5.11 Å². The lowest BCUT2D eigenvalue weighted by Gasteiger charge is -2.10. The Morgan fingerprint density at radius 2 is 2.16 bits per heavy atom. The molecule has 0 aliphatic carbocycles. The van der Waals surface area contributed by atoms with E-state index in [0.717, 1.165) is 20.6 Å². The number of hydrogen-bond donors (Lipinski definition) is 1. The Labute approximate surface area is 122 Å². The molecule has 102 valence electrons. The predicted octanol–water partition coefficient (Wildman–Crippen LogP) is 3.84. The highest BCUT2D eigenvalue weighted by molar-refractivity contribution is 7.99. The fourth-order valence-corrected chi connectivity index (χ4v) is 3.46. The van der Waals surface area contributed by atoms with Gasteiger partial charge in [-0.1, -0.05) is 43.3 Å². The average Bonchev–Trinajstić information content (AvgIpc) is 2.65. The minimum Gasteiger partial charge on any atom is -0.388 e. The Morgan fingerprint density at radius 3 is 2.74 bits per heavy atom. The van der Waals surface area contributed by atoms with Crippen molar-refractivity contribution in [1.82, 2.24) is 9.55 Å². The number of halogens is 1. The third kappa shape index (κ3) is 3.14. The standard InChI is InChI=1S/C14H17ClN2OS/c1-9(2)13-14(16-12(8-18)17(13)3)19-11-6-4-5-10(15)7-11/h4-7,9,18H,8H2,1-3H3. The number of nitrogens with zero attached hydrogens (tertiary/aromatic N) is 2. The van der Waals surface area contributed by atoms with Crippen molar-refractivity contribution in [2.45, 2.75) is 36.3 Å². The van der Waals surface area contributed by atoms with Crippen LogP contribution in [0.5, 0.6) is 0 Å². The molecule has 0 aliphatic rings. The van der Waals surface area contributed by atoms with Crippen LogP contribution in [0.3, 0.4) is 0 Å². The molecule has 5 heteroatoms. The van der Waals surface area contributed by atoms with Crippen LogP contribution in [-0.4, -0.2) is 14.7 Å². The third-order valence-electron chi connectivity index (χ3n) is 2.90. The van der Waals surface area contributed by atoms with Gasteiger partial charge >= 0.3 is 0 Å². The summed E-state index contributed by atoms with van der Waals surface area (Å²) in [6, 6.07) is 7.71. The van der Waals surface area contributed by atoms with Crippen molar-refractivity contribution in [2.75, 3.05) is 0 Å². The Bertz CT molecular complexity index is 581. The zero-order chi connectivity index (χ0) is 14.0. The quantitative estimate of drug-likeness (QED) is 0.931. The summed E-state index contributed by atoms with van der Waals surface area (Å²) in [7, 11) is 1.94. The fraction of sp³-hybridized carbons (Fsp3) is 0.357. The van der Waals surface area contributed by atoms with Gasteiger partial charge in [0.1, 0.15) is 17.5 Å². The summed E-state index contributed by atoms with van der Waals surface area (Å²) < 4.78 is 1.97. The van der Waals surface area contributed by atoms with Crippen molar-refractivity contribution >= 4 is 23.4 Å². The van der Waals surface area contributed by atoms with Gasteiger partial charge in [-0.3, -0.25) is 0 Å². The van der Waals surface area contributed by atoms with Crippen molar-refractivity contribution in [3.05, 3.63) is 40.8 Å². The van der Waals surface area contributed by atoms with Gasteiger partial charge in [0.15, 0.2) is 0 Å². The van der Waals surface area contributed by atoms with Crippen LogP contribution >= 0.6 is 23.4 Å². The number of aliphatic hydroxyl groups is 1. The maximum atomic E-state index is 9.33. The highest BCUT2D eigenvalue weighted by Gasteiger charge is 2.17. The Hall–Kier alpha value is -0.970. The molecule has 0 unspecified atom stereocenters. The van der Waals surface area contributed by atoms with Crippen molar-refractivity contribution in [3.8, 4) is 0 Å². The largest absolute Gasteiger partial charge is 0.388 e. The van der Waals surface area contributed by atoms with Gasteiger partial charge in [0.25, 0.3) is 0 Å². The van der Waals surface area contributed by atoms with Crippen molar-refractivity contribution in [2.24, 2.45) is 7.05 Å². The zero-order valence-electron chi connectivity index (χ0n) is 11.2. The Balaban J connectivity index is 2.39. The fourth-order valence-electron chi connectivity index (χ4n) is 2.02. The van der Waals surface area contributed by atoms with Gasteiger partial charge in [-0.25, -0.2) is 4.98 Å². The molecule has 1 aromatic heterocycles. The second-order valence-corrected chi connectivity index (χ2v) is 6.15. The lowest BCUT2D eigenvalue weighted by Crippen LogP contribution is -2.03. The summed E-state index contributed by atoms with van der Waals surface area (Å²) >= 11 is 7.58. The molecule has 1 heterocycles. The van der Waals surface area contributed by atoms with E-state index in [-0.39, 0.29) is 6.61 Å². The zero-order valence-corrected chi connectivity index (χ0v) is 12.8. The minimum absolute atomic E-state index is 0.0493. The SMILES string of the molecule is CC(C)c1c(Sc2cccc(Cl)c2)nc(CO)n1C. The number of rotatable bonds is 4. The number of imidazole rings is 1. The van der Waals surface area contributed by atoms with Gasteiger partial charge in [0, 0.05) is 17.0 Å². The van der Waals surface area contributed by atoms with Gasteiger partial charge in [-0.05, 0) is 24.1 Å². The molecule has 0 aliphatic heterocycles. The lowest BCUT2D eigenvalue weighted by atomic mass is 10.1. The molecule has 2 aromatic rings. The van der Waals surface area contributed by atoms with Gasteiger partial charge < -0.3 is 9.67 Å². The molecule has 0 amide bonds. The molecule has 1 N–H and O–H groups in total. The van der Waals surface area contributed by atoms with Gasteiger partial charge in [-0.2, -0.15) is 0 Å². The molecule has 19 heavy (non-hydrogen) atoms. The second kappa shape index (κ2) is 5.99. The van der Waals surface area contributed by atoms with Crippen LogP contribution in [0, 0.1) is 0 Å². The van der Waals surface area contributed by atoms with Crippen molar-refractivity contribution in [1.29, 1.82) is 0 Å². The first-order valence-corrected chi connectivity index (χ1v) is 7.32. The van der Waals surface area contributed by atoms with Gasteiger partial charge in [0.2, 0.25) is 0 Å². The summed E-state index contributed by atoms with van der Waals surface area (Å²) in [4.78, 5) is 5.56. The van der Waals surface area contributed by atoms with E-state index in [0.29, 0.717) is 11.7 Å². The van der Waals surface area contributed by atoms with Gasteiger partial charge in [-0.15, -0.1) is 0 Å². The van der Waals surface area contributed by atoms with E-state index in [4.69, 9.17) is 11.6 Å². The smallest absolute Gasteiger partial charge is 0.135 e. The second-order valence-electron chi connectivity index (χ2n) is 4.65. The van der Waals surface area contributed by atoms with Crippen LogP contribution in [0.1, 0.15) is 31.3 Å². The molecule has 1 aromatic carbocycles. The topological polar surface area (TPSA) is 38.1 Å². The Kier molecular flexibility index (Phi) is 4.55. The van der Waals surface area contributed by atoms with Crippen LogP contribution in [-0.2, 0) is 13.7 Å². The molecule has 0 spiro atoms. The number of hydrogen-bond acceptors (Lipinski definition) is 3. The van der Waals surface area contributed by atoms with Crippen molar-refractivity contribution in [3.63, 3.8) is 0 Å². The predicted molar refractivity (Wildman–Crippen MR) is 78.8 cm³/mol.